The number of ether oxygens (including phenoxy) is 1. The molecule has 0 aliphatic carbocycles. The topological polar surface area (TPSA) is 135 Å². The molecule has 1 aromatic carbocycles. The minimum atomic E-state index is -4.97. The average Bonchev–Trinajstić information content (AvgIpc) is 3.92. The molecule has 5 rings (SSSR count). The molecule has 0 radical (unpaired) electrons. The van der Waals surface area contributed by atoms with Gasteiger partial charge in [0.1, 0.15) is 5.69 Å². The molecule has 4 aromatic heterocycles. The van der Waals surface area contributed by atoms with Crippen LogP contribution >= 0.6 is 23.2 Å². The maximum Gasteiger partial charge on any atom is 0.490 e. The number of nitrogens with zero attached hydrogens (tertiary/aromatic N) is 2. The Morgan fingerprint density at radius 1 is 0.764 bits per heavy atom. The van der Waals surface area contributed by atoms with E-state index >= 15 is 0 Å². The SMILES string of the molecule is C.CC(=O)c1ccco1.CCOC(=O)C(F)(F)F.CCl.FC(F)(F)c1cc(-c2ccco2)n(-c2ccccc2Cl)n1.O=C(CC(=O)C(F)(F)F)c1ccco1. The Labute approximate surface area is 316 Å². The number of furan rings is 3. The first-order valence-electron chi connectivity index (χ1n) is 14.5. The molecule has 10 nitrogen and oxygen atoms in total. The number of alkyl halides is 10. The van der Waals surface area contributed by atoms with E-state index in [9.17, 15) is 58.7 Å². The van der Waals surface area contributed by atoms with Gasteiger partial charge in [-0.3, -0.25) is 14.4 Å². The molecule has 0 saturated heterocycles. The minimum Gasteiger partial charge on any atom is -0.463 e. The maximum atomic E-state index is 12.9. The Balaban J connectivity index is 0.000000746. The van der Waals surface area contributed by atoms with Gasteiger partial charge in [-0.1, -0.05) is 31.2 Å². The summed E-state index contributed by atoms with van der Waals surface area (Å²) in [5.41, 5.74) is -0.477. The van der Waals surface area contributed by atoms with Crippen molar-refractivity contribution in [1.82, 2.24) is 9.78 Å². The molecule has 0 fully saturated rings. The van der Waals surface area contributed by atoms with Crippen LogP contribution in [0, 0.1) is 0 Å². The number of hydrogen-bond donors (Lipinski definition) is 0. The highest BCUT2D eigenvalue weighted by atomic mass is 35.5. The number of Topliss-reactive ketones (excluding diaryl/α,β-unsaturated/α-hetero) is 3. The summed E-state index contributed by atoms with van der Waals surface area (Å²) in [6.45, 7) is 2.53. The van der Waals surface area contributed by atoms with Crippen LogP contribution in [0.4, 0.5) is 39.5 Å². The fourth-order valence-corrected chi connectivity index (χ4v) is 3.60. The number of hydrogen-bond acceptors (Lipinski definition) is 9. The number of para-hydroxylation sites is 1. The Kier molecular flexibility index (Phi) is 20.6. The van der Waals surface area contributed by atoms with Gasteiger partial charge in [-0.05, 0) is 55.5 Å². The van der Waals surface area contributed by atoms with Gasteiger partial charge in [0.25, 0.3) is 0 Å². The zero-order chi connectivity index (χ0) is 41.3. The lowest BCUT2D eigenvalue weighted by Crippen LogP contribution is -2.25. The lowest BCUT2D eigenvalue weighted by molar-refractivity contribution is -0.199. The summed E-state index contributed by atoms with van der Waals surface area (Å²) in [4.78, 5) is 41.5. The number of carbonyl (C=O) groups is 4. The second-order valence-electron chi connectivity index (χ2n) is 9.50. The number of ketones is 3. The van der Waals surface area contributed by atoms with E-state index in [1.807, 2.05) is 0 Å². The number of carbonyl (C=O) groups excluding carboxylic acids is 4. The van der Waals surface area contributed by atoms with E-state index in [0.29, 0.717) is 16.5 Å². The number of halogens is 11. The summed E-state index contributed by atoms with van der Waals surface area (Å²) >= 11 is 10.7. The molecule has 55 heavy (non-hydrogen) atoms. The highest BCUT2D eigenvalue weighted by molar-refractivity contribution is 6.32. The highest BCUT2D eigenvalue weighted by Crippen LogP contribution is 2.34. The van der Waals surface area contributed by atoms with Crippen LogP contribution in [0.1, 0.15) is 54.5 Å². The molecular formula is C34H31Cl2F9N2O8. The number of aromatic nitrogens is 2. The standard InChI is InChI=1S/C14H8ClF3N2O.C8H5F3O3.C6H6O2.C4H5F3O2.CH3Cl.CH4/c15-9-4-1-2-5-10(9)20-11(12-6-3-7-21-12)8-13(19-20)14(16,17)18;9-8(10,11)7(13)4-5(12)6-2-1-3-14-6;1-5(7)6-3-2-4-8-6;1-2-9-3(8)4(5,6)7;1-2;/h1-8H;1-3H,4H2;2-4H,1H3;2H2,1H3;1H3;1H4. The molecule has 0 spiro atoms. The normalized spacial score (nSPS) is 10.7. The van der Waals surface area contributed by atoms with E-state index in [4.69, 9.17) is 20.4 Å². The van der Waals surface area contributed by atoms with Crippen LogP contribution in [-0.4, -0.2) is 58.4 Å². The third-order valence-corrected chi connectivity index (χ3v) is 5.98. The van der Waals surface area contributed by atoms with Crippen molar-refractivity contribution in [2.45, 2.75) is 46.2 Å². The van der Waals surface area contributed by atoms with E-state index in [1.165, 1.54) is 44.9 Å². The van der Waals surface area contributed by atoms with Crippen LogP contribution < -0.4 is 0 Å². The molecule has 0 saturated carbocycles. The summed E-state index contributed by atoms with van der Waals surface area (Å²) in [5.74, 6) is -4.76. The molecule has 0 amide bonds. The largest absolute Gasteiger partial charge is 0.490 e. The molecule has 0 aliphatic rings. The van der Waals surface area contributed by atoms with Crippen LogP contribution in [0.3, 0.4) is 0 Å². The second-order valence-corrected chi connectivity index (χ2v) is 9.91. The van der Waals surface area contributed by atoms with Gasteiger partial charge in [-0.15, -0.1) is 11.6 Å². The molecule has 0 N–H and O–H groups in total. The van der Waals surface area contributed by atoms with Gasteiger partial charge in [0, 0.05) is 19.4 Å². The van der Waals surface area contributed by atoms with Crippen molar-refractivity contribution < 1.29 is 76.7 Å². The van der Waals surface area contributed by atoms with Crippen molar-refractivity contribution in [1.29, 1.82) is 0 Å². The van der Waals surface area contributed by atoms with Crippen molar-refractivity contribution in [2.24, 2.45) is 0 Å². The van der Waals surface area contributed by atoms with Crippen LogP contribution in [0.15, 0.2) is 98.8 Å². The molecule has 21 heteroatoms. The van der Waals surface area contributed by atoms with Crippen LogP contribution in [0.2, 0.25) is 5.02 Å². The van der Waals surface area contributed by atoms with Crippen molar-refractivity contribution in [2.75, 3.05) is 13.0 Å². The third kappa shape index (κ3) is 16.7. The Morgan fingerprint density at radius 2 is 1.29 bits per heavy atom. The quantitative estimate of drug-likeness (QED) is 0.0516. The van der Waals surface area contributed by atoms with Gasteiger partial charge >= 0.3 is 24.5 Å². The molecule has 4 heterocycles. The summed E-state index contributed by atoms with van der Waals surface area (Å²) in [7, 11) is 0. The lowest BCUT2D eigenvalue weighted by Gasteiger charge is -2.07. The molecule has 0 unspecified atom stereocenters. The average molecular weight is 838 g/mol. The van der Waals surface area contributed by atoms with Gasteiger partial charge in [-0.2, -0.15) is 44.6 Å². The van der Waals surface area contributed by atoms with Gasteiger partial charge in [0.15, 0.2) is 28.8 Å². The van der Waals surface area contributed by atoms with Gasteiger partial charge in [0.05, 0.1) is 42.5 Å². The van der Waals surface area contributed by atoms with E-state index < -0.39 is 48.2 Å². The molecule has 0 aliphatic heterocycles. The minimum absolute atomic E-state index is 0. The predicted molar refractivity (Wildman–Crippen MR) is 180 cm³/mol. The zero-order valence-electron chi connectivity index (χ0n) is 27.8. The summed E-state index contributed by atoms with van der Waals surface area (Å²) < 4.78 is 127. The third-order valence-electron chi connectivity index (χ3n) is 5.66. The molecule has 0 bridgehead atoms. The molecule has 0 atom stereocenters. The van der Waals surface area contributed by atoms with Gasteiger partial charge < -0.3 is 18.0 Å². The van der Waals surface area contributed by atoms with Crippen LogP contribution in [-0.2, 0) is 20.5 Å². The summed E-state index contributed by atoms with van der Waals surface area (Å²) in [6.07, 6.45) is -10.1. The smallest absolute Gasteiger partial charge is 0.463 e. The predicted octanol–water partition coefficient (Wildman–Crippen LogP) is 10.9. The number of esters is 1. The monoisotopic (exact) mass is 836 g/mol. The van der Waals surface area contributed by atoms with Crippen molar-refractivity contribution >= 4 is 46.5 Å². The molecular weight excluding hydrogens is 806 g/mol. The fraction of sp³-hybridized carbons (Fsp3) is 0.265. The first-order valence-corrected chi connectivity index (χ1v) is 15.6. The Morgan fingerprint density at radius 3 is 1.67 bits per heavy atom. The van der Waals surface area contributed by atoms with Gasteiger partial charge in [0.2, 0.25) is 11.6 Å². The van der Waals surface area contributed by atoms with E-state index in [1.54, 1.807) is 48.5 Å². The van der Waals surface area contributed by atoms with Crippen molar-refractivity contribution in [3.63, 3.8) is 0 Å². The van der Waals surface area contributed by atoms with E-state index in [0.717, 1.165) is 17.0 Å². The lowest BCUT2D eigenvalue weighted by atomic mass is 10.1. The van der Waals surface area contributed by atoms with Crippen molar-refractivity contribution in [3.05, 3.63) is 108 Å². The molecule has 302 valence electrons. The second kappa shape index (κ2) is 22.8. The summed E-state index contributed by atoms with van der Waals surface area (Å²) in [6, 6.07) is 16.5. The van der Waals surface area contributed by atoms with Crippen LogP contribution in [0.5, 0.6) is 0 Å². The Hall–Kier alpha value is -5.30. The number of benzene rings is 1. The van der Waals surface area contributed by atoms with Crippen LogP contribution in [0.25, 0.3) is 17.1 Å². The van der Waals surface area contributed by atoms with Crippen molar-refractivity contribution in [3.8, 4) is 17.1 Å². The van der Waals surface area contributed by atoms with E-state index in [2.05, 4.69) is 25.9 Å². The maximum absolute atomic E-state index is 12.9. The fourth-order valence-electron chi connectivity index (χ4n) is 3.39. The highest BCUT2D eigenvalue weighted by Gasteiger charge is 2.41. The number of rotatable bonds is 7. The first-order chi connectivity index (χ1) is 25.2. The first kappa shape index (κ1) is 49.7. The zero-order valence-corrected chi connectivity index (χ0v) is 29.3. The van der Waals surface area contributed by atoms with Gasteiger partial charge in [-0.25, -0.2) is 9.48 Å². The summed E-state index contributed by atoms with van der Waals surface area (Å²) in [5, 5.41) is 3.91. The van der Waals surface area contributed by atoms with E-state index in [-0.39, 0.29) is 37.0 Å². The molecule has 5 aromatic rings. The Bertz CT molecular complexity index is 1880.